The SMILES string of the molecule is Cc1cc(C)nc([C@H]2CCN(C(=O)c3csc4c3CCCC4)C2)n1. The number of carbonyl (C=O) groups excluding carboxylic acids is 1. The van der Waals surface area contributed by atoms with Crippen LogP contribution in [0.2, 0.25) is 0 Å². The predicted molar refractivity (Wildman–Crippen MR) is 95.7 cm³/mol. The van der Waals surface area contributed by atoms with Crippen molar-refractivity contribution in [3.05, 3.63) is 44.7 Å². The highest BCUT2D eigenvalue weighted by atomic mass is 32.1. The minimum atomic E-state index is 0.210. The van der Waals surface area contributed by atoms with Crippen molar-refractivity contribution in [3.8, 4) is 0 Å². The molecule has 1 fully saturated rings. The summed E-state index contributed by atoms with van der Waals surface area (Å²) in [6.07, 6.45) is 5.64. The predicted octanol–water partition coefficient (Wildman–Crippen LogP) is 3.66. The van der Waals surface area contributed by atoms with Crippen molar-refractivity contribution >= 4 is 17.2 Å². The van der Waals surface area contributed by atoms with Gasteiger partial charge in [0.25, 0.3) is 5.91 Å². The summed E-state index contributed by atoms with van der Waals surface area (Å²) in [4.78, 5) is 25.6. The van der Waals surface area contributed by atoms with Gasteiger partial charge < -0.3 is 4.90 Å². The lowest BCUT2D eigenvalue weighted by Gasteiger charge is -2.18. The van der Waals surface area contributed by atoms with Gasteiger partial charge in [0.05, 0.1) is 5.56 Å². The zero-order valence-corrected chi connectivity index (χ0v) is 15.2. The summed E-state index contributed by atoms with van der Waals surface area (Å²) in [6, 6.07) is 2.00. The van der Waals surface area contributed by atoms with Crippen LogP contribution in [0.5, 0.6) is 0 Å². The van der Waals surface area contributed by atoms with Crippen LogP contribution in [0.1, 0.15) is 63.2 Å². The van der Waals surface area contributed by atoms with Crippen LogP contribution in [-0.4, -0.2) is 33.9 Å². The van der Waals surface area contributed by atoms with E-state index in [2.05, 4.69) is 15.3 Å². The van der Waals surface area contributed by atoms with Crippen molar-refractivity contribution in [2.45, 2.75) is 51.9 Å². The van der Waals surface area contributed by atoms with Crippen LogP contribution < -0.4 is 0 Å². The quantitative estimate of drug-likeness (QED) is 0.837. The third-order valence-electron chi connectivity index (χ3n) is 5.13. The maximum Gasteiger partial charge on any atom is 0.255 e. The van der Waals surface area contributed by atoms with E-state index in [9.17, 15) is 4.79 Å². The number of amides is 1. The fourth-order valence-corrected chi connectivity index (χ4v) is 5.05. The number of rotatable bonds is 2. The van der Waals surface area contributed by atoms with Gasteiger partial charge in [-0.05, 0) is 57.6 Å². The zero-order chi connectivity index (χ0) is 16.7. The molecule has 2 aromatic heterocycles. The zero-order valence-electron chi connectivity index (χ0n) is 14.3. The molecule has 0 radical (unpaired) electrons. The van der Waals surface area contributed by atoms with Gasteiger partial charge in [-0.15, -0.1) is 11.3 Å². The van der Waals surface area contributed by atoms with Gasteiger partial charge in [-0.2, -0.15) is 0 Å². The number of thiophene rings is 1. The third kappa shape index (κ3) is 2.86. The average Bonchev–Trinajstić information content (AvgIpc) is 3.21. The van der Waals surface area contributed by atoms with E-state index in [4.69, 9.17) is 0 Å². The minimum absolute atomic E-state index is 0.210. The molecule has 0 unspecified atom stereocenters. The molecule has 24 heavy (non-hydrogen) atoms. The number of fused-ring (bicyclic) bond motifs is 1. The van der Waals surface area contributed by atoms with E-state index in [-0.39, 0.29) is 11.8 Å². The molecule has 4 nitrogen and oxygen atoms in total. The highest BCUT2D eigenvalue weighted by molar-refractivity contribution is 7.10. The van der Waals surface area contributed by atoms with Gasteiger partial charge >= 0.3 is 0 Å². The molecule has 5 heteroatoms. The van der Waals surface area contributed by atoms with Crippen LogP contribution in [0, 0.1) is 13.8 Å². The van der Waals surface area contributed by atoms with E-state index < -0.39 is 0 Å². The van der Waals surface area contributed by atoms with Crippen molar-refractivity contribution in [1.29, 1.82) is 0 Å². The molecule has 0 bridgehead atoms. The first kappa shape index (κ1) is 15.8. The Kier molecular flexibility index (Phi) is 4.12. The first-order valence-electron chi connectivity index (χ1n) is 8.82. The molecule has 3 heterocycles. The number of nitrogens with zero attached hydrogens (tertiary/aromatic N) is 3. The smallest absolute Gasteiger partial charge is 0.255 e. The lowest BCUT2D eigenvalue weighted by atomic mass is 9.95. The summed E-state index contributed by atoms with van der Waals surface area (Å²) in [7, 11) is 0. The summed E-state index contributed by atoms with van der Waals surface area (Å²) >= 11 is 1.77. The van der Waals surface area contributed by atoms with Crippen LogP contribution in [0.3, 0.4) is 0 Å². The molecule has 1 saturated heterocycles. The second-order valence-corrected chi connectivity index (χ2v) is 7.97. The van der Waals surface area contributed by atoms with Crippen LogP contribution >= 0.6 is 11.3 Å². The van der Waals surface area contributed by atoms with Gasteiger partial charge in [0.1, 0.15) is 5.82 Å². The molecule has 126 valence electrons. The molecule has 1 atom stereocenters. The average molecular weight is 341 g/mol. The van der Waals surface area contributed by atoms with E-state index in [1.165, 1.54) is 23.3 Å². The van der Waals surface area contributed by atoms with Crippen molar-refractivity contribution in [2.24, 2.45) is 0 Å². The molecule has 1 aliphatic carbocycles. The number of aryl methyl sites for hydroxylation is 3. The first-order valence-corrected chi connectivity index (χ1v) is 9.70. The number of hydrogen-bond donors (Lipinski definition) is 0. The molecule has 1 amide bonds. The van der Waals surface area contributed by atoms with Crippen molar-refractivity contribution in [3.63, 3.8) is 0 Å². The van der Waals surface area contributed by atoms with Crippen LogP contribution in [0.4, 0.5) is 0 Å². The van der Waals surface area contributed by atoms with Crippen molar-refractivity contribution in [2.75, 3.05) is 13.1 Å². The molecule has 0 spiro atoms. The standard InChI is InChI=1S/C19H23N3OS/c1-12-9-13(2)21-18(20-12)14-7-8-22(10-14)19(23)16-11-24-17-6-4-3-5-15(16)17/h9,11,14H,3-8,10H2,1-2H3/t14-/m0/s1. The Morgan fingerprint density at radius 2 is 1.96 bits per heavy atom. The second kappa shape index (κ2) is 6.28. The van der Waals surface area contributed by atoms with Gasteiger partial charge in [-0.1, -0.05) is 0 Å². The van der Waals surface area contributed by atoms with Gasteiger partial charge in [-0.25, -0.2) is 9.97 Å². The van der Waals surface area contributed by atoms with E-state index >= 15 is 0 Å². The number of likely N-dealkylation sites (tertiary alicyclic amines) is 1. The Balaban J connectivity index is 1.52. The normalized spacial score (nSPS) is 20.2. The number of hydrogen-bond acceptors (Lipinski definition) is 4. The van der Waals surface area contributed by atoms with E-state index in [0.29, 0.717) is 0 Å². The summed E-state index contributed by atoms with van der Waals surface area (Å²) < 4.78 is 0. The lowest BCUT2D eigenvalue weighted by Crippen LogP contribution is -2.29. The lowest BCUT2D eigenvalue weighted by molar-refractivity contribution is 0.0790. The van der Waals surface area contributed by atoms with E-state index in [0.717, 1.165) is 55.1 Å². The second-order valence-electron chi connectivity index (χ2n) is 7.00. The van der Waals surface area contributed by atoms with E-state index in [1.54, 1.807) is 11.3 Å². The molecule has 0 aromatic carbocycles. The molecule has 0 saturated carbocycles. The third-order valence-corrected chi connectivity index (χ3v) is 6.22. The summed E-state index contributed by atoms with van der Waals surface area (Å²) in [5.41, 5.74) is 4.29. The van der Waals surface area contributed by atoms with E-state index in [1.807, 2.05) is 24.8 Å². The molecule has 1 aliphatic heterocycles. The topological polar surface area (TPSA) is 46.1 Å². The highest BCUT2D eigenvalue weighted by Gasteiger charge is 2.32. The molecule has 4 rings (SSSR count). The fraction of sp³-hybridized carbons (Fsp3) is 0.526. The van der Waals surface area contributed by atoms with Gasteiger partial charge in [0.2, 0.25) is 0 Å². The number of aromatic nitrogens is 2. The fourth-order valence-electron chi connectivity index (χ4n) is 3.93. The first-order chi connectivity index (χ1) is 11.6. The van der Waals surface area contributed by atoms with Crippen LogP contribution in [0.25, 0.3) is 0 Å². The Hall–Kier alpha value is -1.75. The summed E-state index contributed by atoms with van der Waals surface area (Å²) in [6.45, 7) is 5.57. The molecule has 2 aliphatic rings. The Morgan fingerprint density at radius 3 is 2.75 bits per heavy atom. The van der Waals surface area contributed by atoms with Gasteiger partial charge in [-0.3, -0.25) is 4.79 Å². The van der Waals surface area contributed by atoms with Gasteiger partial charge in [0.15, 0.2) is 0 Å². The molecular weight excluding hydrogens is 318 g/mol. The Labute approximate surface area is 146 Å². The number of carbonyl (C=O) groups is 1. The highest BCUT2D eigenvalue weighted by Crippen LogP contribution is 2.33. The Bertz CT molecular complexity index is 763. The monoisotopic (exact) mass is 341 g/mol. The summed E-state index contributed by atoms with van der Waals surface area (Å²) in [5, 5.41) is 2.08. The maximum absolute atomic E-state index is 13.0. The molecule has 2 aromatic rings. The van der Waals surface area contributed by atoms with Crippen LogP contribution in [-0.2, 0) is 12.8 Å². The van der Waals surface area contributed by atoms with Crippen molar-refractivity contribution in [1.82, 2.24) is 14.9 Å². The Morgan fingerprint density at radius 1 is 1.21 bits per heavy atom. The minimum Gasteiger partial charge on any atom is -0.338 e. The largest absolute Gasteiger partial charge is 0.338 e. The maximum atomic E-state index is 13.0. The van der Waals surface area contributed by atoms with Crippen molar-refractivity contribution < 1.29 is 4.79 Å². The summed E-state index contributed by atoms with van der Waals surface area (Å²) in [5.74, 6) is 1.37. The van der Waals surface area contributed by atoms with Gasteiger partial charge in [0, 0.05) is 40.7 Å². The molecule has 0 N–H and O–H groups in total. The van der Waals surface area contributed by atoms with Crippen LogP contribution in [0.15, 0.2) is 11.4 Å². The molecular formula is C19H23N3OS.